The second-order valence-corrected chi connectivity index (χ2v) is 3.60. The van der Waals surface area contributed by atoms with Gasteiger partial charge in [-0.15, -0.1) is 0 Å². The molecule has 18 heavy (non-hydrogen) atoms. The van der Waals surface area contributed by atoms with Gasteiger partial charge in [-0.2, -0.15) is 0 Å². The molecule has 0 aliphatic rings. The quantitative estimate of drug-likeness (QED) is 0.812. The first-order valence-corrected chi connectivity index (χ1v) is 5.44. The fourth-order valence-corrected chi connectivity index (χ4v) is 1.51. The molecule has 1 aromatic rings. The number of nitrogens with two attached hydrogens (primary N) is 1. The predicted octanol–water partition coefficient (Wildman–Crippen LogP) is 1.41. The molecule has 0 bridgehead atoms. The zero-order valence-electron chi connectivity index (χ0n) is 10.2. The number of carbonyl (C=O) groups is 1. The lowest BCUT2D eigenvalue weighted by Crippen LogP contribution is -2.34. The highest BCUT2D eigenvalue weighted by atomic mass is 19.2. The molecule has 0 aliphatic heterocycles. The van der Waals surface area contributed by atoms with Crippen LogP contribution in [0.4, 0.5) is 8.78 Å². The smallest absolute Gasteiger partial charge is 0.323 e. The summed E-state index contributed by atoms with van der Waals surface area (Å²) in [5.41, 5.74) is 5.49. The van der Waals surface area contributed by atoms with E-state index in [1.807, 2.05) is 0 Å². The Morgan fingerprint density at radius 2 is 2.11 bits per heavy atom. The molecule has 0 heterocycles. The summed E-state index contributed by atoms with van der Waals surface area (Å²) in [5, 5.41) is 0. The molecule has 6 heteroatoms. The van der Waals surface area contributed by atoms with Crippen molar-refractivity contribution in [3.05, 3.63) is 29.3 Å². The van der Waals surface area contributed by atoms with Gasteiger partial charge in [0.15, 0.2) is 11.6 Å². The monoisotopic (exact) mass is 259 g/mol. The van der Waals surface area contributed by atoms with Crippen molar-refractivity contribution in [2.24, 2.45) is 5.73 Å². The van der Waals surface area contributed by atoms with E-state index in [-0.39, 0.29) is 24.3 Å². The number of methoxy groups -OCH3 is 1. The number of rotatable bonds is 5. The molecule has 1 unspecified atom stereocenters. The van der Waals surface area contributed by atoms with Crippen LogP contribution in [-0.2, 0) is 16.0 Å². The standard InChI is InChI=1S/C12H15F2NO3/c1-3-18-12(16)9(15)6-7-10(17-2)5-4-8(13)11(7)14/h4-5,9H,3,6,15H2,1-2H3. The van der Waals surface area contributed by atoms with Crippen LogP contribution < -0.4 is 10.5 Å². The summed E-state index contributed by atoms with van der Waals surface area (Å²) >= 11 is 0. The van der Waals surface area contributed by atoms with Crippen molar-refractivity contribution in [1.29, 1.82) is 0 Å². The summed E-state index contributed by atoms with van der Waals surface area (Å²) in [6.07, 6.45) is -0.189. The Morgan fingerprint density at radius 1 is 1.44 bits per heavy atom. The lowest BCUT2D eigenvalue weighted by molar-refractivity contribution is -0.144. The van der Waals surface area contributed by atoms with Crippen LogP contribution in [-0.4, -0.2) is 25.7 Å². The average molecular weight is 259 g/mol. The van der Waals surface area contributed by atoms with Crippen molar-refractivity contribution in [1.82, 2.24) is 0 Å². The highest BCUT2D eigenvalue weighted by Gasteiger charge is 2.21. The van der Waals surface area contributed by atoms with Gasteiger partial charge in [0.2, 0.25) is 0 Å². The van der Waals surface area contributed by atoms with E-state index in [1.54, 1.807) is 6.92 Å². The molecule has 0 fully saturated rings. The van der Waals surface area contributed by atoms with Crippen molar-refractivity contribution in [2.75, 3.05) is 13.7 Å². The van der Waals surface area contributed by atoms with Crippen LogP contribution in [0.15, 0.2) is 12.1 Å². The maximum atomic E-state index is 13.6. The Bertz CT molecular complexity index is 438. The van der Waals surface area contributed by atoms with E-state index in [1.165, 1.54) is 13.2 Å². The predicted molar refractivity (Wildman–Crippen MR) is 61.2 cm³/mol. The number of benzene rings is 1. The van der Waals surface area contributed by atoms with Crippen molar-refractivity contribution in [2.45, 2.75) is 19.4 Å². The molecule has 0 aromatic heterocycles. The van der Waals surface area contributed by atoms with Crippen LogP contribution in [0.1, 0.15) is 12.5 Å². The minimum Gasteiger partial charge on any atom is -0.496 e. The fraction of sp³-hybridized carbons (Fsp3) is 0.417. The number of ether oxygens (including phenoxy) is 2. The second kappa shape index (κ2) is 6.30. The van der Waals surface area contributed by atoms with E-state index < -0.39 is 23.6 Å². The Kier molecular flexibility index (Phi) is 5.03. The molecule has 0 radical (unpaired) electrons. The molecule has 0 saturated heterocycles. The number of carbonyl (C=O) groups excluding carboxylic acids is 1. The highest BCUT2D eigenvalue weighted by molar-refractivity contribution is 5.76. The van der Waals surface area contributed by atoms with Crippen LogP contribution in [0.2, 0.25) is 0 Å². The van der Waals surface area contributed by atoms with Crippen LogP contribution in [0, 0.1) is 11.6 Å². The van der Waals surface area contributed by atoms with E-state index in [0.717, 1.165) is 6.07 Å². The third kappa shape index (κ3) is 3.16. The number of hydrogen-bond donors (Lipinski definition) is 1. The summed E-state index contributed by atoms with van der Waals surface area (Å²) in [5.74, 6) is -2.59. The lowest BCUT2D eigenvalue weighted by Gasteiger charge is -2.14. The van der Waals surface area contributed by atoms with Crippen LogP contribution in [0.25, 0.3) is 0 Å². The molecule has 2 N–H and O–H groups in total. The topological polar surface area (TPSA) is 61.5 Å². The van der Waals surface area contributed by atoms with Crippen LogP contribution in [0.5, 0.6) is 5.75 Å². The maximum absolute atomic E-state index is 13.6. The Hall–Kier alpha value is -1.69. The van der Waals surface area contributed by atoms with Gasteiger partial charge in [-0.25, -0.2) is 8.78 Å². The first-order chi connectivity index (χ1) is 8.51. The normalized spacial score (nSPS) is 12.1. The van der Waals surface area contributed by atoms with E-state index >= 15 is 0 Å². The van der Waals surface area contributed by atoms with Crippen LogP contribution in [0.3, 0.4) is 0 Å². The molecule has 0 saturated carbocycles. The molecule has 100 valence electrons. The van der Waals surface area contributed by atoms with Gasteiger partial charge in [0.05, 0.1) is 13.7 Å². The highest BCUT2D eigenvalue weighted by Crippen LogP contribution is 2.24. The minimum atomic E-state index is -1.06. The molecular formula is C12H15F2NO3. The Balaban J connectivity index is 2.95. The molecule has 0 aliphatic carbocycles. The molecule has 0 spiro atoms. The summed E-state index contributed by atoms with van der Waals surface area (Å²) in [7, 11) is 1.33. The maximum Gasteiger partial charge on any atom is 0.323 e. The van der Waals surface area contributed by atoms with Crippen molar-refractivity contribution in [3.63, 3.8) is 0 Å². The number of esters is 1. The van der Waals surface area contributed by atoms with Gasteiger partial charge < -0.3 is 15.2 Å². The summed E-state index contributed by atoms with van der Waals surface area (Å²) in [6, 6.07) is 1.18. The molecule has 1 rings (SSSR count). The zero-order valence-corrected chi connectivity index (χ0v) is 10.2. The van der Waals surface area contributed by atoms with Gasteiger partial charge in [0.1, 0.15) is 11.8 Å². The molecular weight excluding hydrogens is 244 g/mol. The van der Waals surface area contributed by atoms with E-state index in [2.05, 4.69) is 0 Å². The summed E-state index contributed by atoms with van der Waals surface area (Å²) in [6.45, 7) is 1.81. The van der Waals surface area contributed by atoms with E-state index in [9.17, 15) is 13.6 Å². The molecule has 0 amide bonds. The Labute approximate surface area is 104 Å². The lowest BCUT2D eigenvalue weighted by atomic mass is 10.0. The molecule has 4 nitrogen and oxygen atoms in total. The van der Waals surface area contributed by atoms with E-state index in [4.69, 9.17) is 15.2 Å². The van der Waals surface area contributed by atoms with Crippen molar-refractivity contribution < 1.29 is 23.0 Å². The third-order valence-corrected chi connectivity index (χ3v) is 2.39. The van der Waals surface area contributed by atoms with Gasteiger partial charge >= 0.3 is 5.97 Å². The van der Waals surface area contributed by atoms with Crippen LogP contribution >= 0.6 is 0 Å². The molecule has 1 atom stereocenters. The first kappa shape index (κ1) is 14.4. The third-order valence-electron chi connectivity index (χ3n) is 2.39. The van der Waals surface area contributed by atoms with Gasteiger partial charge in [0, 0.05) is 12.0 Å². The van der Waals surface area contributed by atoms with E-state index in [0.29, 0.717) is 0 Å². The average Bonchev–Trinajstić information content (AvgIpc) is 2.35. The number of halogens is 2. The summed E-state index contributed by atoms with van der Waals surface area (Å²) < 4.78 is 36.3. The SMILES string of the molecule is CCOC(=O)C(N)Cc1c(OC)ccc(F)c1F. The minimum absolute atomic E-state index is 0.0712. The van der Waals surface area contributed by atoms with Gasteiger partial charge in [-0.1, -0.05) is 0 Å². The second-order valence-electron chi connectivity index (χ2n) is 3.60. The fourth-order valence-electron chi connectivity index (χ4n) is 1.51. The number of hydrogen-bond acceptors (Lipinski definition) is 4. The molecule has 1 aromatic carbocycles. The largest absolute Gasteiger partial charge is 0.496 e. The van der Waals surface area contributed by atoms with Crippen molar-refractivity contribution in [3.8, 4) is 5.75 Å². The Morgan fingerprint density at radius 3 is 2.67 bits per heavy atom. The summed E-state index contributed by atoms with van der Waals surface area (Å²) in [4.78, 5) is 11.3. The first-order valence-electron chi connectivity index (χ1n) is 5.44. The zero-order chi connectivity index (χ0) is 13.7. The van der Waals surface area contributed by atoms with Gasteiger partial charge in [-0.3, -0.25) is 4.79 Å². The van der Waals surface area contributed by atoms with Gasteiger partial charge in [0.25, 0.3) is 0 Å². The van der Waals surface area contributed by atoms with Gasteiger partial charge in [-0.05, 0) is 19.1 Å². The van der Waals surface area contributed by atoms with Crippen molar-refractivity contribution >= 4 is 5.97 Å².